The molecule has 0 bridgehead atoms. The lowest BCUT2D eigenvalue weighted by molar-refractivity contribution is -0.162. The van der Waals surface area contributed by atoms with Crippen molar-refractivity contribution in [1.29, 1.82) is 0 Å². The quantitative estimate of drug-likeness (QED) is 0.754. The normalized spacial score (nSPS) is 20.4. The highest BCUT2D eigenvalue weighted by molar-refractivity contribution is 7.86. The topological polar surface area (TPSA) is 52.6 Å². The minimum Gasteiger partial charge on any atom is -0.351 e. The molecule has 1 aromatic carbocycles. The summed E-state index contributed by atoms with van der Waals surface area (Å²) in [6.07, 6.45) is 0.912. The Morgan fingerprint density at radius 1 is 1.38 bits per heavy atom. The summed E-state index contributed by atoms with van der Waals surface area (Å²) in [5.74, 6) is 0. The van der Waals surface area contributed by atoms with Gasteiger partial charge < -0.3 is 4.74 Å². The van der Waals surface area contributed by atoms with E-state index in [-0.39, 0.29) is 4.90 Å². The van der Waals surface area contributed by atoms with Crippen molar-refractivity contribution in [3.05, 3.63) is 29.8 Å². The number of hydrogen-bond donors (Lipinski definition) is 0. The van der Waals surface area contributed by atoms with Gasteiger partial charge in [-0.3, -0.25) is 0 Å². The molecule has 1 fully saturated rings. The van der Waals surface area contributed by atoms with Gasteiger partial charge in [0.05, 0.1) is 11.5 Å². The fraction of sp³-hybridized carbons (Fsp3) is 0.455. The largest absolute Gasteiger partial charge is 0.351 e. The minimum atomic E-state index is -3.67. The van der Waals surface area contributed by atoms with Crippen molar-refractivity contribution in [2.24, 2.45) is 0 Å². The molecule has 0 aromatic heterocycles. The van der Waals surface area contributed by atoms with Crippen LogP contribution in [0, 0.1) is 0 Å². The fourth-order valence-corrected chi connectivity index (χ4v) is 2.39. The average molecular weight is 242 g/mol. The van der Waals surface area contributed by atoms with Gasteiger partial charge in [0, 0.05) is 6.42 Å². The van der Waals surface area contributed by atoms with E-state index in [0.29, 0.717) is 13.0 Å². The fourth-order valence-electron chi connectivity index (χ4n) is 1.38. The van der Waals surface area contributed by atoms with Gasteiger partial charge in [-0.15, -0.1) is 0 Å². The molecule has 0 saturated carbocycles. The second-order valence-electron chi connectivity index (χ2n) is 3.64. The Morgan fingerprint density at radius 2 is 2.00 bits per heavy atom. The van der Waals surface area contributed by atoms with Crippen molar-refractivity contribution < 1.29 is 17.3 Å². The van der Waals surface area contributed by atoms with Crippen LogP contribution in [0.3, 0.4) is 0 Å². The lowest BCUT2D eigenvalue weighted by atomic mass is 10.2. The summed E-state index contributed by atoms with van der Waals surface area (Å²) in [4.78, 5) is 0.181. The van der Waals surface area contributed by atoms with Crippen molar-refractivity contribution in [2.45, 2.75) is 31.0 Å². The smallest absolute Gasteiger partial charge is 0.299 e. The van der Waals surface area contributed by atoms with Gasteiger partial charge in [-0.25, -0.2) is 4.18 Å². The molecule has 1 heterocycles. The molecule has 2 rings (SSSR count). The zero-order valence-corrected chi connectivity index (χ0v) is 9.87. The Kier molecular flexibility index (Phi) is 3.28. The van der Waals surface area contributed by atoms with Gasteiger partial charge in [0.2, 0.25) is 0 Å². The van der Waals surface area contributed by atoms with Crippen LogP contribution in [0.25, 0.3) is 0 Å². The molecular weight excluding hydrogens is 228 g/mol. The number of rotatable bonds is 4. The maximum Gasteiger partial charge on any atom is 0.299 e. The Bertz CT molecular complexity index is 445. The minimum absolute atomic E-state index is 0.181. The maximum atomic E-state index is 11.7. The van der Waals surface area contributed by atoms with E-state index in [2.05, 4.69) is 0 Å². The van der Waals surface area contributed by atoms with Crippen LogP contribution in [0.1, 0.15) is 18.9 Å². The van der Waals surface area contributed by atoms with E-state index in [4.69, 9.17) is 8.92 Å². The van der Waals surface area contributed by atoms with Crippen molar-refractivity contribution in [3.8, 4) is 0 Å². The van der Waals surface area contributed by atoms with Gasteiger partial charge >= 0.3 is 0 Å². The zero-order valence-electron chi connectivity index (χ0n) is 9.05. The monoisotopic (exact) mass is 242 g/mol. The van der Waals surface area contributed by atoms with E-state index in [9.17, 15) is 8.42 Å². The van der Waals surface area contributed by atoms with Crippen molar-refractivity contribution in [3.63, 3.8) is 0 Å². The highest BCUT2D eigenvalue weighted by atomic mass is 32.2. The van der Waals surface area contributed by atoms with Crippen LogP contribution in [0.15, 0.2) is 29.2 Å². The van der Waals surface area contributed by atoms with Crippen molar-refractivity contribution >= 4 is 10.1 Å². The van der Waals surface area contributed by atoms with E-state index < -0.39 is 16.4 Å². The first-order chi connectivity index (χ1) is 7.62. The summed E-state index contributed by atoms with van der Waals surface area (Å²) in [5, 5.41) is 0. The molecule has 1 saturated heterocycles. The van der Waals surface area contributed by atoms with Gasteiger partial charge in [0.15, 0.2) is 6.29 Å². The third kappa shape index (κ3) is 2.42. The summed E-state index contributed by atoms with van der Waals surface area (Å²) < 4.78 is 33.3. The second-order valence-corrected chi connectivity index (χ2v) is 5.21. The van der Waals surface area contributed by atoms with Gasteiger partial charge in [0.1, 0.15) is 0 Å². The third-order valence-electron chi connectivity index (χ3n) is 2.51. The van der Waals surface area contributed by atoms with Gasteiger partial charge in [-0.1, -0.05) is 19.1 Å². The van der Waals surface area contributed by atoms with Crippen molar-refractivity contribution in [1.82, 2.24) is 0 Å². The molecule has 0 N–H and O–H groups in total. The van der Waals surface area contributed by atoms with Crippen LogP contribution >= 0.6 is 0 Å². The molecule has 0 unspecified atom stereocenters. The predicted molar refractivity (Wildman–Crippen MR) is 58.4 cm³/mol. The lowest BCUT2D eigenvalue weighted by Crippen LogP contribution is -2.31. The zero-order chi connectivity index (χ0) is 11.6. The Morgan fingerprint density at radius 3 is 2.44 bits per heavy atom. The molecule has 0 radical (unpaired) electrons. The lowest BCUT2D eigenvalue weighted by Gasteiger charge is -2.25. The molecule has 0 amide bonds. The number of aryl methyl sites for hydroxylation is 1. The molecule has 4 nitrogen and oxygen atoms in total. The standard InChI is InChI=1S/C11H14O4S/c1-2-9-3-5-10(6-4-9)16(12,13)15-11-7-8-14-11/h3-6,11H,2,7-8H2,1H3/t11-/m1/s1. The van der Waals surface area contributed by atoms with Gasteiger partial charge in [0.25, 0.3) is 10.1 Å². The first-order valence-corrected chi connectivity index (χ1v) is 6.66. The average Bonchev–Trinajstić information content (AvgIpc) is 2.24. The summed E-state index contributed by atoms with van der Waals surface area (Å²) >= 11 is 0. The van der Waals surface area contributed by atoms with Crippen LogP contribution in [-0.4, -0.2) is 21.3 Å². The molecule has 88 valence electrons. The first kappa shape index (κ1) is 11.6. The van der Waals surface area contributed by atoms with Crippen LogP contribution in [-0.2, 0) is 25.5 Å². The SMILES string of the molecule is CCc1ccc(S(=O)(=O)O[C@@H]2CCO2)cc1. The molecule has 0 spiro atoms. The van der Waals surface area contributed by atoms with E-state index in [1.54, 1.807) is 24.3 Å². The molecule has 1 aliphatic heterocycles. The molecule has 1 aliphatic rings. The molecule has 5 heteroatoms. The number of benzene rings is 1. The van der Waals surface area contributed by atoms with E-state index in [1.165, 1.54) is 0 Å². The molecular formula is C11H14O4S. The molecule has 0 aliphatic carbocycles. The summed E-state index contributed by atoms with van der Waals surface area (Å²) in [6.45, 7) is 2.58. The Balaban J connectivity index is 2.14. The van der Waals surface area contributed by atoms with Gasteiger partial charge in [-0.05, 0) is 24.1 Å². The third-order valence-corrected chi connectivity index (χ3v) is 3.83. The maximum absolute atomic E-state index is 11.7. The molecule has 1 aromatic rings. The number of ether oxygens (including phenoxy) is 1. The molecule has 1 atom stereocenters. The van der Waals surface area contributed by atoms with Gasteiger partial charge in [-0.2, -0.15) is 8.42 Å². The predicted octanol–water partition coefficient (Wildman–Crippen LogP) is 1.70. The van der Waals surface area contributed by atoms with Crippen LogP contribution in [0.5, 0.6) is 0 Å². The Hall–Kier alpha value is -0.910. The van der Waals surface area contributed by atoms with E-state index in [0.717, 1.165) is 12.0 Å². The summed E-state index contributed by atoms with van der Waals surface area (Å²) in [5.41, 5.74) is 1.10. The highest BCUT2D eigenvalue weighted by Crippen LogP contribution is 2.20. The summed E-state index contributed by atoms with van der Waals surface area (Å²) in [7, 11) is -3.67. The van der Waals surface area contributed by atoms with E-state index in [1.807, 2.05) is 6.92 Å². The molecule has 16 heavy (non-hydrogen) atoms. The number of hydrogen-bond acceptors (Lipinski definition) is 4. The van der Waals surface area contributed by atoms with Crippen LogP contribution in [0.4, 0.5) is 0 Å². The summed E-state index contributed by atoms with van der Waals surface area (Å²) in [6, 6.07) is 6.70. The highest BCUT2D eigenvalue weighted by Gasteiger charge is 2.27. The van der Waals surface area contributed by atoms with Crippen LogP contribution in [0.2, 0.25) is 0 Å². The first-order valence-electron chi connectivity index (χ1n) is 5.25. The van der Waals surface area contributed by atoms with E-state index >= 15 is 0 Å². The van der Waals surface area contributed by atoms with Crippen LogP contribution < -0.4 is 0 Å². The van der Waals surface area contributed by atoms with Crippen molar-refractivity contribution in [2.75, 3.05) is 6.61 Å². The Labute approximate surface area is 95.3 Å². The second kappa shape index (κ2) is 4.53.